The smallest absolute Gasteiger partial charge is 0.164 e. The highest BCUT2D eigenvalue weighted by Gasteiger charge is 2.51. The molecule has 2 aliphatic carbocycles. The number of hydrogen-bond donors (Lipinski definition) is 0. The summed E-state index contributed by atoms with van der Waals surface area (Å²) in [6.07, 6.45) is 0. The Morgan fingerprint density at radius 3 is 1.11 bits per heavy atom. The highest BCUT2D eigenvalue weighted by atomic mass is 15.0. The zero-order valence-electron chi connectivity index (χ0n) is 33.0. The fourth-order valence-electron chi connectivity index (χ4n) is 10.4. The Morgan fingerprint density at radius 2 is 0.590 bits per heavy atom. The van der Waals surface area contributed by atoms with Gasteiger partial charge in [0.1, 0.15) is 0 Å². The second-order valence-electron chi connectivity index (χ2n) is 16.3. The molecular weight excluding hydrogens is 739 g/mol. The maximum Gasteiger partial charge on any atom is 0.164 e. The van der Waals surface area contributed by atoms with E-state index in [0.29, 0.717) is 17.5 Å². The van der Waals surface area contributed by atoms with E-state index in [0.717, 1.165) is 38.2 Å². The van der Waals surface area contributed by atoms with Gasteiger partial charge in [0, 0.05) is 16.7 Å². The summed E-state index contributed by atoms with van der Waals surface area (Å²) < 4.78 is 0. The van der Waals surface area contributed by atoms with E-state index >= 15 is 0 Å². The maximum absolute atomic E-state index is 5.15. The van der Waals surface area contributed by atoms with E-state index in [4.69, 9.17) is 15.0 Å². The van der Waals surface area contributed by atoms with Gasteiger partial charge in [0.25, 0.3) is 0 Å². The van der Waals surface area contributed by atoms with E-state index in [1.165, 1.54) is 66.4 Å². The summed E-state index contributed by atoms with van der Waals surface area (Å²) in [4.78, 5) is 15.4. The second kappa shape index (κ2) is 13.0. The molecule has 282 valence electrons. The molecule has 3 heteroatoms. The van der Waals surface area contributed by atoms with E-state index in [2.05, 4.69) is 212 Å². The van der Waals surface area contributed by atoms with Crippen LogP contribution in [0, 0.1) is 0 Å². The van der Waals surface area contributed by atoms with E-state index < -0.39 is 0 Å². The first-order valence-corrected chi connectivity index (χ1v) is 20.9. The second-order valence-corrected chi connectivity index (χ2v) is 16.3. The Hall–Kier alpha value is -8.01. The maximum atomic E-state index is 5.15. The molecule has 2 aliphatic rings. The highest BCUT2D eigenvalue weighted by molar-refractivity contribution is 6.01. The molecule has 1 spiro atoms. The summed E-state index contributed by atoms with van der Waals surface area (Å²) in [5.74, 6) is 1.95. The molecule has 0 N–H and O–H groups in total. The molecule has 11 aromatic rings. The van der Waals surface area contributed by atoms with Crippen molar-refractivity contribution < 1.29 is 0 Å². The van der Waals surface area contributed by atoms with Crippen LogP contribution in [0.3, 0.4) is 0 Å². The topological polar surface area (TPSA) is 38.7 Å². The van der Waals surface area contributed by atoms with Gasteiger partial charge in [-0.2, -0.15) is 0 Å². The van der Waals surface area contributed by atoms with Gasteiger partial charge in [0.2, 0.25) is 0 Å². The van der Waals surface area contributed by atoms with Gasteiger partial charge in [-0.25, -0.2) is 15.0 Å². The largest absolute Gasteiger partial charge is 0.208 e. The zero-order valence-corrected chi connectivity index (χ0v) is 33.0. The summed E-state index contributed by atoms with van der Waals surface area (Å²) in [5.41, 5.74) is 15.6. The van der Waals surface area contributed by atoms with Crippen LogP contribution in [-0.2, 0) is 5.41 Å². The number of rotatable bonds is 4. The Bertz CT molecular complexity index is 3480. The van der Waals surface area contributed by atoms with Gasteiger partial charge in [-0.3, -0.25) is 0 Å². The number of benzene rings is 10. The van der Waals surface area contributed by atoms with E-state index in [1.807, 2.05) is 0 Å². The molecule has 0 aliphatic heterocycles. The minimum absolute atomic E-state index is 0.372. The van der Waals surface area contributed by atoms with Crippen LogP contribution in [0.1, 0.15) is 22.3 Å². The van der Waals surface area contributed by atoms with Gasteiger partial charge < -0.3 is 0 Å². The molecule has 0 bridgehead atoms. The van der Waals surface area contributed by atoms with Crippen molar-refractivity contribution in [2.45, 2.75) is 5.41 Å². The fourth-order valence-corrected chi connectivity index (χ4v) is 10.4. The molecule has 13 rings (SSSR count). The lowest BCUT2D eigenvalue weighted by atomic mass is 9.70. The number of hydrogen-bond acceptors (Lipinski definition) is 3. The standard InChI is InChI=1S/C58H35N3/c1-3-14-38-33-43(29-24-36(38)12-1)55-59-56(44-30-25-37-13-2-4-15-39(37)34-44)61-57(60-55)45-31-27-40-32-42(28-26-41(40)35-45)46-19-11-23-53-54(46)49-18-7-10-22-52(49)58(53)50-20-8-5-16-47(50)48-17-6-9-21-51(48)58/h1-35H. The normalized spacial score (nSPS) is 13.0. The molecule has 1 aromatic heterocycles. The molecule has 61 heavy (non-hydrogen) atoms. The van der Waals surface area contributed by atoms with Gasteiger partial charge in [-0.05, 0) is 112 Å². The third-order valence-corrected chi connectivity index (χ3v) is 13.1. The lowest BCUT2D eigenvalue weighted by Crippen LogP contribution is -2.25. The average Bonchev–Trinajstić information content (AvgIpc) is 3.81. The Balaban J connectivity index is 0.947. The predicted octanol–water partition coefficient (Wildman–Crippen LogP) is 14.3. The number of aromatic nitrogens is 3. The van der Waals surface area contributed by atoms with Crippen LogP contribution in [0.5, 0.6) is 0 Å². The van der Waals surface area contributed by atoms with Crippen LogP contribution >= 0.6 is 0 Å². The Morgan fingerprint density at radius 1 is 0.246 bits per heavy atom. The van der Waals surface area contributed by atoms with Crippen LogP contribution < -0.4 is 0 Å². The van der Waals surface area contributed by atoms with Gasteiger partial charge in [0.05, 0.1) is 5.41 Å². The lowest BCUT2D eigenvalue weighted by molar-refractivity contribution is 0.794. The van der Waals surface area contributed by atoms with Crippen molar-refractivity contribution in [3.05, 3.63) is 235 Å². The van der Waals surface area contributed by atoms with Crippen LogP contribution in [0.2, 0.25) is 0 Å². The molecule has 0 radical (unpaired) electrons. The van der Waals surface area contributed by atoms with E-state index in [1.54, 1.807) is 0 Å². The van der Waals surface area contributed by atoms with Crippen molar-refractivity contribution in [1.29, 1.82) is 0 Å². The van der Waals surface area contributed by atoms with Crippen molar-refractivity contribution in [2.75, 3.05) is 0 Å². The number of fused-ring (bicyclic) bond motifs is 13. The van der Waals surface area contributed by atoms with Gasteiger partial charge >= 0.3 is 0 Å². The average molecular weight is 774 g/mol. The minimum Gasteiger partial charge on any atom is -0.208 e. The molecule has 10 aromatic carbocycles. The van der Waals surface area contributed by atoms with Gasteiger partial charge in [-0.15, -0.1) is 0 Å². The van der Waals surface area contributed by atoms with Gasteiger partial charge in [0.15, 0.2) is 17.5 Å². The van der Waals surface area contributed by atoms with Crippen LogP contribution in [0.25, 0.3) is 99.9 Å². The first-order chi connectivity index (χ1) is 30.2. The third kappa shape index (κ3) is 5.01. The van der Waals surface area contributed by atoms with Gasteiger partial charge in [-0.1, -0.05) is 188 Å². The summed E-state index contributed by atoms with van der Waals surface area (Å²) in [6.45, 7) is 0. The van der Waals surface area contributed by atoms with Crippen molar-refractivity contribution in [3.63, 3.8) is 0 Å². The van der Waals surface area contributed by atoms with Crippen LogP contribution in [-0.4, -0.2) is 15.0 Å². The van der Waals surface area contributed by atoms with Crippen LogP contribution in [0.15, 0.2) is 212 Å². The molecule has 0 fully saturated rings. The minimum atomic E-state index is -0.372. The molecule has 0 unspecified atom stereocenters. The highest BCUT2D eigenvalue weighted by Crippen LogP contribution is 2.64. The molecule has 0 amide bonds. The predicted molar refractivity (Wildman–Crippen MR) is 250 cm³/mol. The molecule has 0 saturated heterocycles. The molecule has 1 heterocycles. The molecule has 3 nitrogen and oxygen atoms in total. The monoisotopic (exact) mass is 773 g/mol. The molecule has 0 atom stereocenters. The van der Waals surface area contributed by atoms with Crippen molar-refractivity contribution in [3.8, 4) is 67.5 Å². The van der Waals surface area contributed by atoms with E-state index in [-0.39, 0.29) is 5.41 Å². The van der Waals surface area contributed by atoms with Crippen molar-refractivity contribution in [2.24, 2.45) is 0 Å². The summed E-state index contributed by atoms with van der Waals surface area (Å²) in [6, 6.07) is 77.0. The fraction of sp³-hybridized carbons (Fsp3) is 0.0172. The van der Waals surface area contributed by atoms with E-state index in [9.17, 15) is 0 Å². The summed E-state index contributed by atoms with van der Waals surface area (Å²) in [7, 11) is 0. The summed E-state index contributed by atoms with van der Waals surface area (Å²) >= 11 is 0. The molecular formula is C58H35N3. The molecule has 0 saturated carbocycles. The number of nitrogens with zero attached hydrogens (tertiary/aromatic N) is 3. The first kappa shape index (κ1) is 33.9. The third-order valence-electron chi connectivity index (χ3n) is 13.1. The summed E-state index contributed by atoms with van der Waals surface area (Å²) in [5, 5.41) is 6.96. The van der Waals surface area contributed by atoms with Crippen LogP contribution in [0.4, 0.5) is 0 Å². The lowest BCUT2D eigenvalue weighted by Gasteiger charge is -2.30. The van der Waals surface area contributed by atoms with Crippen molar-refractivity contribution in [1.82, 2.24) is 15.0 Å². The Labute approximate surface area is 353 Å². The zero-order chi connectivity index (χ0) is 40.1. The first-order valence-electron chi connectivity index (χ1n) is 20.9. The quantitative estimate of drug-likeness (QED) is 0.179. The van der Waals surface area contributed by atoms with Crippen molar-refractivity contribution >= 4 is 32.3 Å². The Kier molecular flexibility index (Phi) is 7.22. The SMILES string of the molecule is c1ccc2c(c1)-c1ccccc1C21c2ccccc2-c2c(-c3ccc4cc(-c5nc(-c6ccc7ccccc7c6)nc(-c6ccc7ccccc7c6)n5)ccc4c3)cccc21.